The Kier molecular flexibility index (Phi) is 6.92. The molecule has 1 saturated heterocycles. The lowest BCUT2D eigenvalue weighted by atomic mass is 10.5. The van der Waals surface area contributed by atoms with E-state index < -0.39 is 24.3 Å². The summed E-state index contributed by atoms with van der Waals surface area (Å²) in [5.41, 5.74) is 0. The molecule has 0 saturated carbocycles. The lowest BCUT2D eigenvalue weighted by Gasteiger charge is -2.21. The molecule has 0 unspecified atom stereocenters. The van der Waals surface area contributed by atoms with Gasteiger partial charge in [-0.1, -0.05) is 0 Å². The second-order valence-electron chi connectivity index (χ2n) is 3.59. The smallest absolute Gasteiger partial charge is 0.380 e. The number of morpholine rings is 1. The quantitative estimate of drug-likeness (QED) is 0.381. The van der Waals surface area contributed by atoms with E-state index in [0.717, 1.165) is 26.3 Å². The van der Waals surface area contributed by atoms with Crippen LogP contribution in [-0.2, 0) is 19.1 Å². The minimum absolute atomic E-state index is 0.913. The topological polar surface area (TPSA) is 55.8 Å². The first-order valence-electron chi connectivity index (χ1n) is 5.11. The molecule has 5 nitrogen and oxygen atoms in total. The zero-order valence-electron chi connectivity index (χ0n) is 10.2. The lowest BCUT2D eigenvalue weighted by molar-refractivity contribution is -0.221. The highest BCUT2D eigenvalue weighted by molar-refractivity contribution is 5.90. The van der Waals surface area contributed by atoms with Gasteiger partial charge in [-0.05, 0) is 7.05 Å². The Bertz CT molecular complexity index is 310. The molecule has 0 bridgehead atoms. The first kappa shape index (κ1) is 18.6. The molecule has 118 valence electrons. The van der Waals surface area contributed by atoms with Gasteiger partial charge in [-0.25, -0.2) is 9.59 Å². The van der Waals surface area contributed by atoms with E-state index in [1.54, 1.807) is 0 Å². The molecule has 1 heterocycles. The van der Waals surface area contributed by atoms with Crippen molar-refractivity contribution >= 4 is 11.9 Å². The summed E-state index contributed by atoms with van der Waals surface area (Å²) >= 11 is 0. The van der Waals surface area contributed by atoms with E-state index in [2.05, 4.69) is 16.7 Å². The fraction of sp³-hybridized carbons (Fsp3) is 0.778. The van der Waals surface area contributed by atoms with Crippen LogP contribution in [0.1, 0.15) is 0 Å². The zero-order valence-corrected chi connectivity index (χ0v) is 10.2. The van der Waals surface area contributed by atoms with Crippen LogP contribution in [-0.4, -0.2) is 62.5 Å². The first-order chi connectivity index (χ1) is 8.94. The maximum Gasteiger partial charge on any atom is 0.491 e. The van der Waals surface area contributed by atoms with E-state index >= 15 is 0 Å². The van der Waals surface area contributed by atoms with Gasteiger partial charge in [0.1, 0.15) is 0 Å². The van der Waals surface area contributed by atoms with Crippen LogP contribution < -0.4 is 0 Å². The van der Waals surface area contributed by atoms with E-state index in [1.165, 1.54) is 0 Å². The molecule has 20 heavy (non-hydrogen) atoms. The largest absolute Gasteiger partial charge is 0.491 e. The van der Waals surface area contributed by atoms with Crippen molar-refractivity contribution in [1.29, 1.82) is 0 Å². The number of carbonyl (C=O) groups excluding carboxylic acids is 2. The Labute approximate surface area is 109 Å². The minimum Gasteiger partial charge on any atom is -0.380 e. The fourth-order valence-corrected chi connectivity index (χ4v) is 0.855. The van der Waals surface area contributed by atoms with Crippen LogP contribution in [0.15, 0.2) is 0 Å². The minimum atomic E-state index is -5.62. The number of ether oxygens (including phenoxy) is 2. The van der Waals surface area contributed by atoms with E-state index in [-0.39, 0.29) is 0 Å². The third-order valence-corrected chi connectivity index (χ3v) is 1.88. The van der Waals surface area contributed by atoms with E-state index in [1.807, 2.05) is 0 Å². The molecule has 0 aromatic carbocycles. The van der Waals surface area contributed by atoms with E-state index in [4.69, 9.17) is 4.74 Å². The van der Waals surface area contributed by atoms with Crippen LogP contribution in [0.25, 0.3) is 0 Å². The van der Waals surface area contributed by atoms with Crippen LogP contribution in [0.2, 0.25) is 0 Å². The van der Waals surface area contributed by atoms with Crippen molar-refractivity contribution in [3.8, 4) is 0 Å². The number of alkyl halides is 6. The molecule has 1 fully saturated rings. The van der Waals surface area contributed by atoms with Crippen molar-refractivity contribution in [2.45, 2.75) is 12.4 Å². The number of rotatable bonds is 0. The summed E-state index contributed by atoms with van der Waals surface area (Å²) in [5.74, 6) is -6.40. The third kappa shape index (κ3) is 7.94. The predicted molar refractivity (Wildman–Crippen MR) is 51.5 cm³/mol. The number of nitrogens with zero attached hydrogens (tertiary/aromatic N) is 1. The van der Waals surface area contributed by atoms with Crippen molar-refractivity contribution in [3.63, 3.8) is 0 Å². The molecule has 0 aromatic rings. The van der Waals surface area contributed by atoms with Crippen molar-refractivity contribution in [1.82, 2.24) is 4.90 Å². The first-order valence-corrected chi connectivity index (χ1v) is 5.11. The van der Waals surface area contributed by atoms with E-state index in [9.17, 15) is 35.9 Å². The maximum absolute atomic E-state index is 11.2. The third-order valence-electron chi connectivity index (χ3n) is 1.88. The summed E-state index contributed by atoms with van der Waals surface area (Å²) in [6, 6.07) is 0. The van der Waals surface area contributed by atoms with Gasteiger partial charge in [0.2, 0.25) is 0 Å². The van der Waals surface area contributed by atoms with Crippen LogP contribution in [0.3, 0.4) is 0 Å². The molecule has 0 amide bonds. The molecule has 0 aliphatic carbocycles. The summed E-state index contributed by atoms with van der Waals surface area (Å²) in [6.45, 7) is 4.02. The molecule has 11 heteroatoms. The summed E-state index contributed by atoms with van der Waals surface area (Å²) in [4.78, 5) is 21.6. The van der Waals surface area contributed by atoms with Crippen molar-refractivity contribution in [3.05, 3.63) is 0 Å². The summed E-state index contributed by atoms with van der Waals surface area (Å²) in [5, 5.41) is 0. The fourth-order valence-electron chi connectivity index (χ4n) is 0.855. The number of carbonyl (C=O) groups is 2. The standard InChI is InChI=1S/C5H11NO.C4F6O3/c1-6-2-4-7-5-3-6;5-3(6,7)1(11)13-2(12)4(8,9)10/h2-5H2,1H3;. The zero-order chi connectivity index (χ0) is 16.0. The number of esters is 2. The van der Waals surface area contributed by atoms with Gasteiger partial charge in [-0.15, -0.1) is 0 Å². The molecular formula is C9H11F6NO4. The molecule has 0 N–H and O–H groups in total. The normalized spacial score (nSPS) is 16.9. The second kappa shape index (κ2) is 7.43. The average molecular weight is 311 g/mol. The molecule has 0 spiro atoms. The van der Waals surface area contributed by atoms with Gasteiger partial charge >= 0.3 is 24.3 Å². The van der Waals surface area contributed by atoms with Gasteiger partial charge in [0.05, 0.1) is 13.2 Å². The van der Waals surface area contributed by atoms with Crippen molar-refractivity contribution in [2.24, 2.45) is 0 Å². The molecule has 0 aromatic heterocycles. The molecule has 1 rings (SSSR count). The lowest BCUT2D eigenvalue weighted by Crippen LogP contribution is -2.34. The highest BCUT2D eigenvalue weighted by Crippen LogP contribution is 2.21. The summed E-state index contributed by atoms with van der Waals surface area (Å²) in [7, 11) is 2.11. The Morgan fingerprint density at radius 3 is 1.50 bits per heavy atom. The number of halogens is 6. The predicted octanol–water partition coefficient (Wildman–Crippen LogP) is 1.13. The number of hydrogen-bond donors (Lipinski definition) is 0. The number of likely N-dealkylation sites (N-methyl/N-ethyl adjacent to an activating group) is 1. The average Bonchev–Trinajstić information content (AvgIpc) is 2.28. The molecule has 0 radical (unpaired) electrons. The Morgan fingerprint density at radius 1 is 0.950 bits per heavy atom. The van der Waals surface area contributed by atoms with Gasteiger partial charge < -0.3 is 14.4 Å². The highest BCUT2D eigenvalue weighted by atomic mass is 19.4. The van der Waals surface area contributed by atoms with Gasteiger partial charge in [-0.2, -0.15) is 26.3 Å². The Balaban J connectivity index is 0.000000428. The van der Waals surface area contributed by atoms with Crippen LogP contribution >= 0.6 is 0 Å². The van der Waals surface area contributed by atoms with Crippen LogP contribution in [0.5, 0.6) is 0 Å². The molecular weight excluding hydrogens is 300 g/mol. The molecule has 1 aliphatic rings. The molecule has 0 atom stereocenters. The Morgan fingerprint density at radius 2 is 1.30 bits per heavy atom. The van der Waals surface area contributed by atoms with Crippen LogP contribution in [0.4, 0.5) is 26.3 Å². The van der Waals surface area contributed by atoms with Crippen LogP contribution in [0, 0.1) is 0 Å². The monoisotopic (exact) mass is 311 g/mol. The summed E-state index contributed by atoms with van der Waals surface area (Å²) in [6.07, 6.45) is -11.2. The van der Waals surface area contributed by atoms with Gasteiger partial charge in [0.25, 0.3) is 0 Å². The second-order valence-corrected chi connectivity index (χ2v) is 3.59. The van der Waals surface area contributed by atoms with Crippen molar-refractivity contribution < 1.29 is 45.4 Å². The van der Waals surface area contributed by atoms with Gasteiger partial charge in [-0.3, -0.25) is 0 Å². The highest BCUT2D eigenvalue weighted by Gasteiger charge is 2.49. The SMILES string of the molecule is CN1CCOCC1.O=C(OC(=O)C(F)(F)F)C(F)(F)F. The van der Waals surface area contributed by atoms with E-state index in [0.29, 0.717) is 0 Å². The Hall–Kier alpha value is -1.36. The summed E-state index contributed by atoms with van der Waals surface area (Å²) < 4.78 is 74.8. The van der Waals surface area contributed by atoms with Crippen molar-refractivity contribution in [2.75, 3.05) is 33.4 Å². The van der Waals surface area contributed by atoms with Gasteiger partial charge in [0.15, 0.2) is 0 Å². The van der Waals surface area contributed by atoms with Gasteiger partial charge in [0, 0.05) is 13.1 Å². The molecule has 1 aliphatic heterocycles. The number of hydrogen-bond acceptors (Lipinski definition) is 5. The maximum atomic E-state index is 11.2.